The van der Waals surface area contributed by atoms with Crippen molar-refractivity contribution in [2.45, 2.75) is 25.6 Å². The van der Waals surface area contributed by atoms with Crippen LogP contribution in [0.15, 0.2) is 24.3 Å². The first-order valence-electron chi connectivity index (χ1n) is 7.07. The molecule has 128 valence electrons. The number of nitrogens with one attached hydrogen (secondary N) is 1. The van der Waals surface area contributed by atoms with Crippen molar-refractivity contribution < 1.29 is 26.4 Å². The molecule has 9 heteroatoms. The van der Waals surface area contributed by atoms with Crippen LogP contribution in [0.2, 0.25) is 0 Å². The van der Waals surface area contributed by atoms with Crippen LogP contribution in [0.5, 0.6) is 0 Å². The van der Waals surface area contributed by atoms with Crippen molar-refractivity contribution >= 4 is 21.6 Å². The van der Waals surface area contributed by atoms with E-state index >= 15 is 0 Å². The maximum absolute atomic E-state index is 12.5. The van der Waals surface area contributed by atoms with Gasteiger partial charge in [0, 0.05) is 18.3 Å². The Kier molecular flexibility index (Phi) is 4.88. The number of urea groups is 1. The Morgan fingerprint density at radius 3 is 2.35 bits per heavy atom. The molecule has 5 nitrogen and oxygen atoms in total. The minimum absolute atomic E-state index is 0.0434. The number of carbonyl (C=O) groups excluding carboxylic acids is 1. The van der Waals surface area contributed by atoms with Crippen LogP contribution in [-0.2, 0) is 16.0 Å². The first-order valence-corrected chi connectivity index (χ1v) is 8.90. The van der Waals surface area contributed by atoms with E-state index in [1.165, 1.54) is 17.0 Å². The Balaban J connectivity index is 2.05. The largest absolute Gasteiger partial charge is 0.416 e. The SMILES string of the molecule is CCN(C(=O)Nc1ccc(C(F)(F)F)cc1)C1CCS(=O)(=O)C1. The van der Waals surface area contributed by atoms with Gasteiger partial charge in [0.2, 0.25) is 0 Å². The van der Waals surface area contributed by atoms with Crippen LogP contribution in [0, 0.1) is 0 Å². The fourth-order valence-electron chi connectivity index (χ4n) is 2.53. The second-order valence-electron chi connectivity index (χ2n) is 5.35. The average Bonchev–Trinajstić information content (AvgIpc) is 2.79. The Bertz CT molecular complexity index is 672. The number of rotatable bonds is 3. The molecule has 1 aromatic rings. The minimum atomic E-state index is -4.43. The summed E-state index contributed by atoms with van der Waals surface area (Å²) in [5.74, 6) is -0.0387. The zero-order valence-electron chi connectivity index (χ0n) is 12.4. The van der Waals surface area contributed by atoms with Crippen molar-refractivity contribution in [3.8, 4) is 0 Å². The van der Waals surface area contributed by atoms with Gasteiger partial charge in [0.05, 0.1) is 17.1 Å². The standard InChI is InChI=1S/C14H17F3N2O3S/c1-2-19(12-7-8-23(21,22)9-12)13(20)18-11-5-3-10(4-6-11)14(15,16)17/h3-6,12H,2,7-9H2,1H3,(H,18,20). The van der Waals surface area contributed by atoms with Gasteiger partial charge >= 0.3 is 12.2 Å². The van der Waals surface area contributed by atoms with Gasteiger partial charge in [0.15, 0.2) is 9.84 Å². The molecule has 0 bridgehead atoms. The van der Waals surface area contributed by atoms with Crippen molar-refractivity contribution in [3.05, 3.63) is 29.8 Å². The number of hydrogen-bond acceptors (Lipinski definition) is 3. The first-order chi connectivity index (χ1) is 10.6. The molecule has 1 fully saturated rings. The predicted molar refractivity (Wildman–Crippen MR) is 79.9 cm³/mol. The third-order valence-corrected chi connectivity index (χ3v) is 5.46. The van der Waals surface area contributed by atoms with Gasteiger partial charge in [-0.2, -0.15) is 13.2 Å². The molecule has 1 atom stereocenters. The molecule has 1 aliphatic heterocycles. The molecule has 0 radical (unpaired) electrons. The molecular formula is C14H17F3N2O3S. The number of carbonyl (C=O) groups is 1. The smallest absolute Gasteiger partial charge is 0.321 e. The van der Waals surface area contributed by atoms with E-state index in [0.717, 1.165) is 12.1 Å². The Morgan fingerprint density at radius 1 is 1.30 bits per heavy atom. The van der Waals surface area contributed by atoms with Gasteiger partial charge < -0.3 is 10.2 Å². The van der Waals surface area contributed by atoms with Crippen molar-refractivity contribution in [1.82, 2.24) is 4.90 Å². The summed E-state index contributed by atoms with van der Waals surface area (Å²) in [5, 5.41) is 2.50. The highest BCUT2D eigenvalue weighted by atomic mass is 32.2. The number of hydrogen-bond donors (Lipinski definition) is 1. The summed E-state index contributed by atoms with van der Waals surface area (Å²) in [7, 11) is -3.13. The lowest BCUT2D eigenvalue weighted by atomic mass is 10.2. The number of alkyl halides is 3. The summed E-state index contributed by atoms with van der Waals surface area (Å²) < 4.78 is 60.5. The average molecular weight is 350 g/mol. The molecule has 1 aromatic carbocycles. The highest BCUT2D eigenvalue weighted by Gasteiger charge is 2.34. The number of amides is 2. The molecule has 0 spiro atoms. The molecule has 0 saturated carbocycles. The van der Waals surface area contributed by atoms with Crippen LogP contribution in [0.3, 0.4) is 0 Å². The summed E-state index contributed by atoms with van der Waals surface area (Å²) in [6.07, 6.45) is -4.06. The topological polar surface area (TPSA) is 66.5 Å². The molecule has 2 amide bonds. The lowest BCUT2D eigenvalue weighted by Gasteiger charge is -2.27. The Morgan fingerprint density at radius 2 is 1.91 bits per heavy atom. The van der Waals surface area contributed by atoms with Crippen LogP contribution in [0.4, 0.5) is 23.7 Å². The maximum atomic E-state index is 12.5. The maximum Gasteiger partial charge on any atom is 0.416 e. The van der Waals surface area contributed by atoms with Gasteiger partial charge in [0.1, 0.15) is 0 Å². The van der Waals surface area contributed by atoms with E-state index in [4.69, 9.17) is 0 Å². The van der Waals surface area contributed by atoms with Crippen molar-refractivity contribution in [2.24, 2.45) is 0 Å². The summed E-state index contributed by atoms with van der Waals surface area (Å²) in [5.41, 5.74) is -0.577. The summed E-state index contributed by atoms with van der Waals surface area (Å²) in [6.45, 7) is 2.03. The second kappa shape index (κ2) is 6.38. The van der Waals surface area contributed by atoms with Crippen molar-refractivity contribution in [3.63, 3.8) is 0 Å². The van der Waals surface area contributed by atoms with Crippen LogP contribution in [0.1, 0.15) is 18.9 Å². The van der Waals surface area contributed by atoms with Gasteiger partial charge in [-0.15, -0.1) is 0 Å². The van der Waals surface area contributed by atoms with E-state index in [-0.39, 0.29) is 17.2 Å². The molecule has 1 heterocycles. The number of halogens is 3. The second-order valence-corrected chi connectivity index (χ2v) is 7.58. The van der Waals surface area contributed by atoms with E-state index < -0.39 is 33.6 Å². The zero-order valence-corrected chi connectivity index (χ0v) is 13.2. The Hall–Kier alpha value is -1.77. The molecule has 2 rings (SSSR count). The van der Waals surface area contributed by atoms with E-state index in [1.807, 2.05) is 0 Å². The molecule has 23 heavy (non-hydrogen) atoms. The highest BCUT2D eigenvalue weighted by Crippen LogP contribution is 2.30. The molecule has 0 aliphatic carbocycles. The lowest BCUT2D eigenvalue weighted by molar-refractivity contribution is -0.137. The van der Waals surface area contributed by atoms with Crippen LogP contribution < -0.4 is 5.32 Å². The molecule has 1 aliphatic rings. The number of nitrogens with zero attached hydrogens (tertiary/aromatic N) is 1. The molecule has 1 unspecified atom stereocenters. The van der Waals surface area contributed by atoms with Crippen LogP contribution >= 0.6 is 0 Å². The first kappa shape index (κ1) is 17.6. The predicted octanol–water partition coefficient (Wildman–Crippen LogP) is 2.75. The molecule has 1 N–H and O–H groups in total. The van der Waals surface area contributed by atoms with Gasteiger partial charge in [-0.05, 0) is 37.6 Å². The quantitative estimate of drug-likeness (QED) is 0.912. The zero-order chi connectivity index (χ0) is 17.3. The summed E-state index contributed by atoms with van der Waals surface area (Å²) >= 11 is 0. The summed E-state index contributed by atoms with van der Waals surface area (Å²) in [6, 6.07) is 3.17. The van der Waals surface area contributed by atoms with Gasteiger partial charge in [-0.3, -0.25) is 0 Å². The van der Waals surface area contributed by atoms with Gasteiger partial charge in [0.25, 0.3) is 0 Å². The Labute approximate surface area is 132 Å². The number of anilines is 1. The lowest BCUT2D eigenvalue weighted by Crippen LogP contribution is -2.43. The van der Waals surface area contributed by atoms with Crippen LogP contribution in [-0.4, -0.2) is 43.4 Å². The van der Waals surface area contributed by atoms with E-state index in [9.17, 15) is 26.4 Å². The normalized spacial score (nSPS) is 20.3. The highest BCUT2D eigenvalue weighted by molar-refractivity contribution is 7.91. The molecule has 0 aromatic heterocycles. The summed E-state index contributed by atoms with van der Waals surface area (Å²) in [4.78, 5) is 13.6. The molecule has 1 saturated heterocycles. The number of sulfone groups is 1. The van der Waals surface area contributed by atoms with E-state index in [2.05, 4.69) is 5.32 Å². The van der Waals surface area contributed by atoms with E-state index in [0.29, 0.717) is 13.0 Å². The third kappa shape index (κ3) is 4.37. The van der Waals surface area contributed by atoms with Gasteiger partial charge in [-0.25, -0.2) is 13.2 Å². The fraction of sp³-hybridized carbons (Fsp3) is 0.500. The fourth-order valence-corrected chi connectivity index (χ4v) is 4.26. The van der Waals surface area contributed by atoms with Crippen molar-refractivity contribution in [1.29, 1.82) is 0 Å². The molecular weight excluding hydrogens is 333 g/mol. The van der Waals surface area contributed by atoms with Gasteiger partial charge in [-0.1, -0.05) is 0 Å². The van der Waals surface area contributed by atoms with Crippen molar-refractivity contribution in [2.75, 3.05) is 23.4 Å². The minimum Gasteiger partial charge on any atom is -0.321 e. The van der Waals surface area contributed by atoms with E-state index in [1.54, 1.807) is 6.92 Å². The number of benzene rings is 1. The van der Waals surface area contributed by atoms with Crippen LogP contribution in [0.25, 0.3) is 0 Å². The monoisotopic (exact) mass is 350 g/mol. The third-order valence-electron chi connectivity index (χ3n) is 3.71.